The fourth-order valence-electron chi connectivity index (χ4n) is 5.10. The van der Waals surface area contributed by atoms with Crippen LogP contribution in [0.15, 0.2) is 36.4 Å². The number of hydrogen-bond donors (Lipinski definition) is 0. The maximum atomic E-state index is 13.0. The number of anilines is 1. The van der Waals surface area contributed by atoms with Crippen molar-refractivity contribution in [2.75, 3.05) is 12.0 Å². The highest BCUT2D eigenvalue weighted by Crippen LogP contribution is 2.65. The van der Waals surface area contributed by atoms with Crippen LogP contribution in [-0.4, -0.2) is 24.9 Å². The van der Waals surface area contributed by atoms with E-state index in [1.54, 1.807) is 24.3 Å². The maximum absolute atomic E-state index is 13.0. The molecule has 0 aromatic heterocycles. The van der Waals surface area contributed by atoms with Gasteiger partial charge in [0, 0.05) is 0 Å². The number of benzene rings is 1. The summed E-state index contributed by atoms with van der Waals surface area (Å²) in [5.41, 5.74) is 0.810. The number of amides is 2. The third kappa shape index (κ3) is 1.62. The fourth-order valence-corrected chi connectivity index (χ4v) is 5.10. The lowest BCUT2D eigenvalue weighted by Gasteiger charge is -2.37. The van der Waals surface area contributed by atoms with Crippen molar-refractivity contribution in [2.45, 2.75) is 6.42 Å². The molecule has 2 amide bonds. The summed E-state index contributed by atoms with van der Waals surface area (Å²) in [6.45, 7) is 0. The van der Waals surface area contributed by atoms with Crippen LogP contribution in [0.5, 0.6) is 0 Å². The largest absolute Gasteiger partial charge is 0.465 e. The second kappa shape index (κ2) is 4.56. The van der Waals surface area contributed by atoms with Gasteiger partial charge in [-0.05, 0) is 48.3 Å². The molecule has 1 saturated heterocycles. The Morgan fingerprint density at radius 1 is 1.08 bits per heavy atom. The van der Waals surface area contributed by atoms with Gasteiger partial charge < -0.3 is 4.74 Å². The predicted octanol–water partition coefficient (Wildman–Crippen LogP) is 2.03. The van der Waals surface area contributed by atoms with E-state index >= 15 is 0 Å². The van der Waals surface area contributed by atoms with Crippen molar-refractivity contribution in [3.8, 4) is 0 Å². The molecule has 0 unspecified atom stereocenters. The Kier molecular flexibility index (Phi) is 2.65. The molecular formula is C19H17NO4. The highest BCUT2D eigenvalue weighted by atomic mass is 16.5. The van der Waals surface area contributed by atoms with Crippen molar-refractivity contribution in [3.05, 3.63) is 42.0 Å². The molecular weight excluding hydrogens is 306 g/mol. The van der Waals surface area contributed by atoms with Crippen LogP contribution in [0.25, 0.3) is 0 Å². The Hall–Kier alpha value is -2.43. The maximum Gasteiger partial charge on any atom is 0.337 e. The number of esters is 1. The summed E-state index contributed by atoms with van der Waals surface area (Å²) in [4.78, 5) is 39.0. The zero-order chi connectivity index (χ0) is 16.6. The van der Waals surface area contributed by atoms with E-state index in [-0.39, 0.29) is 35.5 Å². The third-order valence-corrected chi connectivity index (χ3v) is 6.19. The molecule has 1 aromatic carbocycles. The van der Waals surface area contributed by atoms with Gasteiger partial charge in [-0.15, -0.1) is 0 Å². The molecule has 3 fully saturated rings. The first-order valence-electron chi connectivity index (χ1n) is 8.36. The molecule has 0 radical (unpaired) electrons. The van der Waals surface area contributed by atoms with E-state index in [2.05, 4.69) is 12.2 Å². The topological polar surface area (TPSA) is 63.7 Å². The highest BCUT2D eigenvalue weighted by molar-refractivity contribution is 6.22. The second-order valence-electron chi connectivity index (χ2n) is 7.21. The Labute approximate surface area is 139 Å². The number of allylic oxidation sites excluding steroid dienone is 2. The average Bonchev–Trinajstić information content (AvgIpc) is 3.38. The first-order chi connectivity index (χ1) is 11.6. The quantitative estimate of drug-likeness (QED) is 0.475. The van der Waals surface area contributed by atoms with E-state index in [1.165, 1.54) is 12.0 Å². The standard InChI is InChI=1S/C19H17NO4/c1-24-19(23)9-3-2-4-10(7-9)20-17(21)15-11-5-6-12(14-8-13(11)14)16(15)18(20)22/h2-7,11-16H,8H2,1H3/t11-,12-,13-,14-,15-,16+/m0/s1. The lowest BCUT2D eigenvalue weighted by molar-refractivity contribution is -0.124. The van der Waals surface area contributed by atoms with Crippen LogP contribution < -0.4 is 4.90 Å². The van der Waals surface area contributed by atoms with Crippen molar-refractivity contribution in [3.63, 3.8) is 0 Å². The van der Waals surface area contributed by atoms with Gasteiger partial charge in [0.2, 0.25) is 11.8 Å². The molecule has 6 atom stereocenters. The molecule has 122 valence electrons. The van der Waals surface area contributed by atoms with Crippen LogP contribution in [0.4, 0.5) is 5.69 Å². The minimum atomic E-state index is -0.476. The number of methoxy groups -OCH3 is 1. The van der Waals surface area contributed by atoms with Gasteiger partial charge in [-0.2, -0.15) is 0 Å². The zero-order valence-corrected chi connectivity index (χ0v) is 13.2. The molecule has 1 heterocycles. The first-order valence-corrected chi connectivity index (χ1v) is 8.36. The SMILES string of the molecule is COC(=O)c1cccc(N2C(=O)[C@@H]3[C@H]4C=C[C@@H]([C@@H]5C[C@@H]45)[C@@H]3C2=O)c1. The Morgan fingerprint density at radius 3 is 2.29 bits per heavy atom. The molecule has 5 nitrogen and oxygen atoms in total. The first kappa shape index (κ1) is 14.0. The Bertz CT molecular complexity index is 777. The second-order valence-corrected chi connectivity index (χ2v) is 7.21. The predicted molar refractivity (Wildman–Crippen MR) is 85.0 cm³/mol. The van der Waals surface area contributed by atoms with Gasteiger partial charge in [0.1, 0.15) is 0 Å². The normalized spacial score (nSPS) is 38.1. The number of imide groups is 1. The molecule has 1 aliphatic heterocycles. The van der Waals surface area contributed by atoms with Gasteiger partial charge in [-0.1, -0.05) is 18.2 Å². The van der Waals surface area contributed by atoms with Gasteiger partial charge in [-0.25, -0.2) is 9.69 Å². The molecule has 0 spiro atoms. The van der Waals surface area contributed by atoms with Crippen LogP contribution in [0.2, 0.25) is 0 Å². The zero-order valence-electron chi connectivity index (χ0n) is 13.2. The number of rotatable bonds is 2. The molecule has 6 rings (SSSR count). The molecule has 2 saturated carbocycles. The van der Waals surface area contributed by atoms with Crippen molar-refractivity contribution < 1.29 is 19.1 Å². The van der Waals surface area contributed by atoms with E-state index < -0.39 is 5.97 Å². The monoisotopic (exact) mass is 323 g/mol. The number of carbonyl (C=O) groups excluding carboxylic acids is 3. The summed E-state index contributed by atoms with van der Waals surface area (Å²) >= 11 is 0. The van der Waals surface area contributed by atoms with Crippen molar-refractivity contribution in [1.29, 1.82) is 0 Å². The third-order valence-electron chi connectivity index (χ3n) is 6.19. The van der Waals surface area contributed by atoms with E-state index in [0.29, 0.717) is 23.1 Å². The lowest BCUT2D eigenvalue weighted by atomic mass is 9.63. The van der Waals surface area contributed by atoms with Crippen LogP contribution in [0, 0.1) is 35.5 Å². The summed E-state index contributed by atoms with van der Waals surface area (Å²) in [5, 5.41) is 0. The Balaban J connectivity index is 1.54. The number of ether oxygens (including phenoxy) is 1. The number of carbonyl (C=O) groups is 3. The average molecular weight is 323 g/mol. The van der Waals surface area contributed by atoms with Crippen LogP contribution in [0.3, 0.4) is 0 Å². The van der Waals surface area contributed by atoms with Gasteiger partial charge in [-0.3, -0.25) is 9.59 Å². The molecule has 4 aliphatic carbocycles. The summed E-state index contributed by atoms with van der Waals surface area (Å²) in [7, 11) is 1.31. The van der Waals surface area contributed by atoms with E-state index in [4.69, 9.17) is 4.74 Å². The molecule has 5 heteroatoms. The van der Waals surface area contributed by atoms with Gasteiger partial charge in [0.15, 0.2) is 0 Å². The summed E-state index contributed by atoms with van der Waals surface area (Å²) in [6, 6.07) is 6.56. The van der Waals surface area contributed by atoms with E-state index in [9.17, 15) is 14.4 Å². The molecule has 1 aromatic rings. The lowest BCUT2D eigenvalue weighted by Crippen LogP contribution is -2.40. The van der Waals surface area contributed by atoms with Crippen molar-refractivity contribution in [2.24, 2.45) is 35.5 Å². The minimum Gasteiger partial charge on any atom is -0.465 e. The van der Waals surface area contributed by atoms with E-state index in [1.807, 2.05) is 0 Å². The van der Waals surface area contributed by atoms with Gasteiger partial charge >= 0.3 is 5.97 Å². The molecule has 24 heavy (non-hydrogen) atoms. The fraction of sp³-hybridized carbons (Fsp3) is 0.421. The van der Waals surface area contributed by atoms with Crippen molar-refractivity contribution >= 4 is 23.5 Å². The summed E-state index contributed by atoms with van der Waals surface area (Å²) in [6.07, 6.45) is 5.45. The number of nitrogens with zero attached hydrogens (tertiary/aromatic N) is 1. The van der Waals surface area contributed by atoms with Gasteiger partial charge in [0.05, 0.1) is 30.2 Å². The number of hydrogen-bond acceptors (Lipinski definition) is 4. The Morgan fingerprint density at radius 2 is 1.71 bits per heavy atom. The van der Waals surface area contributed by atoms with Crippen molar-refractivity contribution in [1.82, 2.24) is 0 Å². The summed E-state index contributed by atoms with van der Waals surface area (Å²) in [5.74, 6) is 0.421. The molecule has 5 aliphatic rings. The summed E-state index contributed by atoms with van der Waals surface area (Å²) < 4.78 is 4.73. The van der Waals surface area contributed by atoms with Crippen LogP contribution in [0.1, 0.15) is 16.8 Å². The smallest absolute Gasteiger partial charge is 0.337 e. The van der Waals surface area contributed by atoms with Crippen LogP contribution in [-0.2, 0) is 14.3 Å². The van der Waals surface area contributed by atoms with Crippen LogP contribution >= 0.6 is 0 Å². The van der Waals surface area contributed by atoms with Gasteiger partial charge in [0.25, 0.3) is 0 Å². The molecule has 0 N–H and O–H groups in total. The molecule has 2 bridgehead atoms. The van der Waals surface area contributed by atoms with E-state index in [0.717, 1.165) is 6.42 Å². The minimum absolute atomic E-state index is 0.114. The highest BCUT2D eigenvalue weighted by Gasteiger charge is 2.67.